The zero-order valence-electron chi connectivity index (χ0n) is 16.7. The van der Waals surface area contributed by atoms with Crippen LogP contribution in [0.25, 0.3) is 6.08 Å². The first-order valence-electron chi connectivity index (χ1n) is 10.7. The highest BCUT2D eigenvalue weighted by Crippen LogP contribution is 2.61. The number of nitrogens with one attached hydrogen (secondary N) is 2. The molecule has 0 unspecified atom stereocenters. The van der Waals surface area contributed by atoms with Crippen LogP contribution in [0.3, 0.4) is 0 Å². The molecular formula is C23H30N2O4. The summed E-state index contributed by atoms with van der Waals surface area (Å²) in [7, 11) is 0. The number of alkyl carbamates (subject to hydrolysis) is 1. The molecule has 0 radical (unpaired) electrons. The van der Waals surface area contributed by atoms with Crippen molar-refractivity contribution >= 4 is 18.1 Å². The normalized spacial score (nSPS) is 29.8. The minimum Gasteiger partial charge on any atom is -0.450 e. The maximum Gasteiger partial charge on any atom is 0.407 e. The third-order valence-corrected chi connectivity index (χ3v) is 6.98. The first kappa shape index (κ1) is 20.0. The van der Waals surface area contributed by atoms with E-state index in [2.05, 4.69) is 5.32 Å². The van der Waals surface area contributed by atoms with Crippen LogP contribution in [0.5, 0.6) is 0 Å². The van der Waals surface area contributed by atoms with Gasteiger partial charge in [0.15, 0.2) is 0 Å². The Labute approximate surface area is 171 Å². The molecule has 1 aromatic carbocycles. The van der Waals surface area contributed by atoms with Gasteiger partial charge in [0.1, 0.15) is 0 Å². The molecule has 2 amide bonds. The molecule has 0 aromatic heterocycles. The van der Waals surface area contributed by atoms with Gasteiger partial charge in [0.05, 0.1) is 6.61 Å². The molecule has 5 rings (SSSR count). The Hall–Kier alpha value is -2.34. The lowest BCUT2D eigenvalue weighted by Crippen LogP contribution is -2.46. The van der Waals surface area contributed by atoms with Crippen molar-refractivity contribution in [2.24, 2.45) is 23.2 Å². The highest BCUT2D eigenvalue weighted by molar-refractivity contribution is 5.90. The van der Waals surface area contributed by atoms with Crippen molar-refractivity contribution in [3.63, 3.8) is 0 Å². The number of hydrogen-bond donors (Lipinski definition) is 3. The van der Waals surface area contributed by atoms with E-state index in [4.69, 9.17) is 9.94 Å². The molecular weight excluding hydrogens is 368 g/mol. The molecule has 1 aromatic rings. The fourth-order valence-electron chi connectivity index (χ4n) is 6.14. The summed E-state index contributed by atoms with van der Waals surface area (Å²) in [5.41, 5.74) is 3.76. The Morgan fingerprint density at radius 1 is 1.07 bits per heavy atom. The van der Waals surface area contributed by atoms with Gasteiger partial charge in [-0.15, -0.1) is 0 Å². The van der Waals surface area contributed by atoms with Crippen molar-refractivity contribution in [3.05, 3.63) is 41.5 Å². The van der Waals surface area contributed by atoms with Gasteiger partial charge in [-0.1, -0.05) is 24.3 Å². The van der Waals surface area contributed by atoms with E-state index in [1.54, 1.807) is 11.6 Å². The van der Waals surface area contributed by atoms with Crippen LogP contribution in [0.15, 0.2) is 30.3 Å². The third-order valence-electron chi connectivity index (χ3n) is 6.98. The van der Waals surface area contributed by atoms with E-state index in [-0.39, 0.29) is 6.09 Å². The first-order chi connectivity index (χ1) is 14.0. The second-order valence-electron chi connectivity index (χ2n) is 9.21. The summed E-state index contributed by atoms with van der Waals surface area (Å²) in [6, 6.07) is 7.45. The first-order valence-corrected chi connectivity index (χ1v) is 10.7. The Morgan fingerprint density at radius 2 is 1.69 bits per heavy atom. The molecule has 4 bridgehead atoms. The number of amides is 2. The van der Waals surface area contributed by atoms with Crippen molar-refractivity contribution in [1.29, 1.82) is 0 Å². The molecule has 0 atom stereocenters. The molecule has 4 aliphatic carbocycles. The zero-order valence-corrected chi connectivity index (χ0v) is 16.7. The number of benzene rings is 1. The summed E-state index contributed by atoms with van der Waals surface area (Å²) in [6.45, 7) is 0.909. The van der Waals surface area contributed by atoms with E-state index in [1.165, 1.54) is 44.6 Å². The SMILES string of the molecule is O=C(C=Cc1ccc(CNC(=O)OCCC23CC4CC(CC(C4)C2)C3)cc1)NO. The van der Waals surface area contributed by atoms with Crippen LogP contribution in [0.2, 0.25) is 0 Å². The predicted octanol–water partition coefficient (Wildman–Crippen LogP) is 4.04. The molecule has 0 aliphatic heterocycles. The van der Waals surface area contributed by atoms with Gasteiger partial charge in [0.2, 0.25) is 0 Å². The number of hydroxylamine groups is 1. The van der Waals surface area contributed by atoms with E-state index in [0.717, 1.165) is 35.3 Å². The summed E-state index contributed by atoms with van der Waals surface area (Å²) in [4.78, 5) is 23.1. The highest BCUT2D eigenvalue weighted by atomic mass is 16.5. The maximum atomic E-state index is 12.1. The van der Waals surface area contributed by atoms with E-state index in [9.17, 15) is 9.59 Å². The van der Waals surface area contributed by atoms with Crippen LogP contribution in [-0.2, 0) is 16.1 Å². The van der Waals surface area contributed by atoms with Crippen LogP contribution < -0.4 is 10.8 Å². The molecule has 4 saturated carbocycles. The Balaban J connectivity index is 1.18. The second kappa shape index (κ2) is 8.57. The number of carbonyl (C=O) groups is 2. The lowest BCUT2D eigenvalue weighted by molar-refractivity contribution is -0.124. The predicted molar refractivity (Wildman–Crippen MR) is 109 cm³/mol. The molecule has 156 valence electrons. The Bertz CT molecular complexity index is 736. The smallest absolute Gasteiger partial charge is 0.407 e. The topological polar surface area (TPSA) is 87.7 Å². The number of hydrogen-bond acceptors (Lipinski definition) is 4. The van der Waals surface area contributed by atoms with Gasteiger partial charge in [-0.2, -0.15) is 0 Å². The standard InChI is InChI=1S/C23H30N2O4/c26-21(25-28)6-5-16-1-3-17(4-2-16)15-24-22(27)29-8-7-23-12-18-9-19(13-23)11-20(10-18)14-23/h1-6,18-20,28H,7-15H2,(H,24,27)(H,25,26). The zero-order chi connectivity index (χ0) is 20.3. The second-order valence-corrected chi connectivity index (χ2v) is 9.21. The van der Waals surface area contributed by atoms with Crippen LogP contribution in [0.4, 0.5) is 4.79 Å². The highest BCUT2D eigenvalue weighted by Gasteiger charge is 2.50. The summed E-state index contributed by atoms with van der Waals surface area (Å²) < 4.78 is 5.47. The van der Waals surface area contributed by atoms with Gasteiger partial charge in [0.25, 0.3) is 5.91 Å². The summed E-state index contributed by atoms with van der Waals surface area (Å²) in [5, 5.41) is 11.3. The minimum absolute atomic E-state index is 0.363. The van der Waals surface area contributed by atoms with E-state index < -0.39 is 5.91 Å². The lowest BCUT2D eigenvalue weighted by atomic mass is 9.49. The van der Waals surface area contributed by atoms with Crippen molar-refractivity contribution in [3.8, 4) is 0 Å². The number of rotatable bonds is 7. The fraction of sp³-hybridized carbons (Fsp3) is 0.565. The van der Waals surface area contributed by atoms with Gasteiger partial charge in [-0.25, -0.2) is 10.3 Å². The number of ether oxygens (including phenoxy) is 1. The van der Waals surface area contributed by atoms with Crippen molar-refractivity contribution in [1.82, 2.24) is 10.8 Å². The van der Waals surface area contributed by atoms with Crippen LogP contribution in [0.1, 0.15) is 56.1 Å². The largest absolute Gasteiger partial charge is 0.450 e. The van der Waals surface area contributed by atoms with Gasteiger partial charge < -0.3 is 10.1 Å². The monoisotopic (exact) mass is 398 g/mol. The molecule has 29 heavy (non-hydrogen) atoms. The molecule has 0 heterocycles. The van der Waals surface area contributed by atoms with Crippen LogP contribution >= 0.6 is 0 Å². The molecule has 4 aliphatic rings. The fourth-order valence-corrected chi connectivity index (χ4v) is 6.14. The van der Waals surface area contributed by atoms with Gasteiger partial charge >= 0.3 is 6.09 Å². The van der Waals surface area contributed by atoms with E-state index in [1.807, 2.05) is 24.3 Å². The van der Waals surface area contributed by atoms with Gasteiger partial charge in [-0.05, 0) is 85.3 Å². The quantitative estimate of drug-likeness (QED) is 0.367. The number of carbonyl (C=O) groups excluding carboxylic acids is 2. The average Bonchev–Trinajstić information content (AvgIpc) is 2.70. The van der Waals surface area contributed by atoms with Crippen molar-refractivity contribution < 1.29 is 19.5 Å². The molecule has 0 spiro atoms. The third kappa shape index (κ3) is 4.99. The van der Waals surface area contributed by atoms with Gasteiger partial charge in [-0.3, -0.25) is 10.0 Å². The maximum absolute atomic E-state index is 12.1. The molecule has 6 nitrogen and oxygen atoms in total. The van der Waals surface area contributed by atoms with Crippen molar-refractivity contribution in [2.75, 3.05) is 6.61 Å². The Kier molecular flexibility index (Phi) is 5.90. The summed E-state index contributed by atoms with van der Waals surface area (Å²) in [5.74, 6) is 2.19. The van der Waals surface area contributed by atoms with Gasteiger partial charge in [0, 0.05) is 12.6 Å². The molecule has 3 N–H and O–H groups in total. The average molecular weight is 399 g/mol. The minimum atomic E-state index is -0.577. The Morgan fingerprint density at radius 3 is 2.28 bits per heavy atom. The molecule has 4 fully saturated rings. The van der Waals surface area contributed by atoms with Crippen LogP contribution in [-0.4, -0.2) is 23.8 Å². The van der Waals surface area contributed by atoms with Crippen LogP contribution in [0, 0.1) is 23.2 Å². The lowest BCUT2D eigenvalue weighted by Gasteiger charge is -2.57. The van der Waals surface area contributed by atoms with E-state index >= 15 is 0 Å². The molecule has 0 saturated heterocycles. The summed E-state index contributed by atoms with van der Waals surface area (Å²) in [6.07, 6.45) is 11.8. The summed E-state index contributed by atoms with van der Waals surface area (Å²) >= 11 is 0. The van der Waals surface area contributed by atoms with Crippen molar-refractivity contribution in [2.45, 2.75) is 51.5 Å². The van der Waals surface area contributed by atoms with E-state index in [0.29, 0.717) is 18.6 Å². The molecule has 6 heteroatoms.